The van der Waals surface area contributed by atoms with E-state index in [-0.39, 0.29) is 0 Å². The first kappa shape index (κ1) is 8.79. The van der Waals surface area contributed by atoms with E-state index in [9.17, 15) is 0 Å². The molecule has 1 fully saturated rings. The van der Waals surface area contributed by atoms with E-state index in [2.05, 4.69) is 25.1 Å². The third-order valence-electron chi connectivity index (χ3n) is 2.90. The lowest BCUT2D eigenvalue weighted by Crippen LogP contribution is -1.88. The van der Waals surface area contributed by atoms with Crippen molar-refractivity contribution in [2.45, 2.75) is 51.4 Å². The molecule has 0 spiro atoms. The van der Waals surface area contributed by atoms with Crippen LogP contribution in [0.25, 0.3) is 0 Å². The molecule has 72 valence electrons. The van der Waals surface area contributed by atoms with Gasteiger partial charge in [-0.1, -0.05) is 31.8 Å². The van der Waals surface area contributed by atoms with Gasteiger partial charge in [0.2, 0.25) is 0 Å². The number of hydrogen-bond donors (Lipinski definition) is 0. The van der Waals surface area contributed by atoms with Crippen LogP contribution in [0.4, 0.5) is 0 Å². The third kappa shape index (κ3) is 1.77. The highest BCUT2D eigenvalue weighted by Gasteiger charge is 2.21. The van der Waals surface area contributed by atoms with Crippen molar-refractivity contribution >= 4 is 0 Å². The van der Waals surface area contributed by atoms with Crippen molar-refractivity contribution in [1.82, 2.24) is 5.16 Å². The van der Waals surface area contributed by atoms with Crippen molar-refractivity contribution in [3.8, 4) is 0 Å². The first-order chi connectivity index (χ1) is 6.27. The third-order valence-corrected chi connectivity index (χ3v) is 2.90. The fraction of sp³-hybridized carbons (Fsp3) is 0.727. The molecule has 1 aromatic heterocycles. The first-order valence-corrected chi connectivity index (χ1v) is 5.24. The van der Waals surface area contributed by atoms with E-state index >= 15 is 0 Å². The van der Waals surface area contributed by atoms with E-state index in [1.165, 1.54) is 25.7 Å². The van der Waals surface area contributed by atoms with E-state index in [4.69, 9.17) is 4.52 Å². The van der Waals surface area contributed by atoms with Crippen molar-refractivity contribution < 1.29 is 4.52 Å². The van der Waals surface area contributed by atoms with Crippen molar-refractivity contribution in [2.75, 3.05) is 0 Å². The molecule has 2 rings (SSSR count). The summed E-state index contributed by atoms with van der Waals surface area (Å²) in [5, 5.41) is 4.09. The summed E-state index contributed by atoms with van der Waals surface area (Å²) < 4.78 is 5.36. The number of hydrogen-bond acceptors (Lipinski definition) is 2. The standard InChI is InChI=1S/C11H17NO/c1-8(2)10-7-11(13-12-10)9-5-3-4-6-9/h7-9H,3-6H2,1-2H3. The topological polar surface area (TPSA) is 26.0 Å². The molecule has 0 aliphatic heterocycles. The molecule has 0 bridgehead atoms. The summed E-state index contributed by atoms with van der Waals surface area (Å²) in [6, 6.07) is 2.14. The molecule has 2 nitrogen and oxygen atoms in total. The van der Waals surface area contributed by atoms with Crippen LogP contribution in [-0.4, -0.2) is 5.16 Å². The van der Waals surface area contributed by atoms with Crippen molar-refractivity contribution in [3.63, 3.8) is 0 Å². The SMILES string of the molecule is CC(C)c1cc(C2CCCC2)on1. The molecule has 0 saturated heterocycles. The molecule has 0 atom stereocenters. The van der Waals surface area contributed by atoms with Crippen LogP contribution in [0.3, 0.4) is 0 Å². The molecule has 1 heterocycles. The summed E-state index contributed by atoms with van der Waals surface area (Å²) in [6.45, 7) is 4.30. The Morgan fingerprint density at radius 3 is 2.62 bits per heavy atom. The zero-order chi connectivity index (χ0) is 9.26. The summed E-state index contributed by atoms with van der Waals surface area (Å²) in [4.78, 5) is 0. The van der Waals surface area contributed by atoms with Gasteiger partial charge in [0.15, 0.2) is 0 Å². The van der Waals surface area contributed by atoms with Crippen LogP contribution in [0.5, 0.6) is 0 Å². The van der Waals surface area contributed by atoms with Crippen molar-refractivity contribution in [2.24, 2.45) is 0 Å². The van der Waals surface area contributed by atoms with Crippen LogP contribution in [0.15, 0.2) is 10.6 Å². The Kier molecular flexibility index (Phi) is 2.38. The fourth-order valence-corrected chi connectivity index (χ4v) is 1.98. The minimum atomic E-state index is 0.485. The second-order valence-electron chi connectivity index (χ2n) is 4.29. The quantitative estimate of drug-likeness (QED) is 0.695. The first-order valence-electron chi connectivity index (χ1n) is 5.24. The monoisotopic (exact) mass is 179 g/mol. The van der Waals surface area contributed by atoms with Gasteiger partial charge < -0.3 is 4.52 Å². The molecule has 2 heteroatoms. The Bertz CT molecular complexity index is 271. The molecular weight excluding hydrogens is 162 g/mol. The molecule has 0 amide bonds. The van der Waals surface area contributed by atoms with E-state index in [0.717, 1.165) is 11.5 Å². The lowest BCUT2D eigenvalue weighted by atomic mass is 10.0. The molecule has 0 N–H and O–H groups in total. The van der Waals surface area contributed by atoms with Crippen molar-refractivity contribution in [1.29, 1.82) is 0 Å². The molecular formula is C11H17NO. The Hall–Kier alpha value is -0.790. The number of rotatable bonds is 2. The zero-order valence-electron chi connectivity index (χ0n) is 8.42. The summed E-state index contributed by atoms with van der Waals surface area (Å²) in [5.74, 6) is 2.25. The van der Waals surface area contributed by atoms with E-state index in [0.29, 0.717) is 11.8 Å². The second kappa shape index (κ2) is 3.52. The van der Waals surface area contributed by atoms with Gasteiger partial charge >= 0.3 is 0 Å². The summed E-state index contributed by atoms with van der Waals surface area (Å²) in [7, 11) is 0. The summed E-state index contributed by atoms with van der Waals surface area (Å²) in [6.07, 6.45) is 5.27. The minimum absolute atomic E-state index is 0.485. The Morgan fingerprint density at radius 1 is 1.38 bits per heavy atom. The molecule has 13 heavy (non-hydrogen) atoms. The fourth-order valence-electron chi connectivity index (χ4n) is 1.98. The van der Waals surface area contributed by atoms with Crippen molar-refractivity contribution in [3.05, 3.63) is 17.5 Å². The van der Waals surface area contributed by atoms with Crippen LogP contribution >= 0.6 is 0 Å². The highest BCUT2D eigenvalue weighted by atomic mass is 16.5. The lowest BCUT2D eigenvalue weighted by Gasteiger charge is -2.01. The predicted molar refractivity (Wildman–Crippen MR) is 51.8 cm³/mol. The van der Waals surface area contributed by atoms with Crippen LogP contribution < -0.4 is 0 Å². The average Bonchev–Trinajstić information content (AvgIpc) is 2.75. The van der Waals surface area contributed by atoms with E-state index in [1.54, 1.807) is 0 Å². The smallest absolute Gasteiger partial charge is 0.140 e. The van der Waals surface area contributed by atoms with Crippen LogP contribution in [-0.2, 0) is 0 Å². The number of aromatic nitrogens is 1. The summed E-state index contributed by atoms with van der Waals surface area (Å²) in [5.41, 5.74) is 1.10. The molecule has 0 radical (unpaired) electrons. The maximum atomic E-state index is 5.36. The average molecular weight is 179 g/mol. The van der Waals surface area contributed by atoms with Gasteiger partial charge in [-0.25, -0.2) is 0 Å². The van der Waals surface area contributed by atoms with Gasteiger partial charge in [-0.2, -0.15) is 0 Å². The van der Waals surface area contributed by atoms with Gasteiger partial charge in [0.1, 0.15) is 5.76 Å². The van der Waals surface area contributed by atoms with Crippen LogP contribution in [0, 0.1) is 0 Å². The lowest BCUT2D eigenvalue weighted by molar-refractivity contribution is 0.354. The molecule has 0 unspecified atom stereocenters. The molecule has 1 aromatic rings. The Morgan fingerprint density at radius 2 is 2.08 bits per heavy atom. The van der Waals surface area contributed by atoms with Gasteiger partial charge in [-0.3, -0.25) is 0 Å². The molecule has 1 aliphatic carbocycles. The van der Waals surface area contributed by atoms with Gasteiger partial charge in [0.05, 0.1) is 5.69 Å². The van der Waals surface area contributed by atoms with Crippen LogP contribution in [0.1, 0.15) is 62.8 Å². The predicted octanol–water partition coefficient (Wildman–Crippen LogP) is 3.46. The zero-order valence-corrected chi connectivity index (χ0v) is 8.42. The van der Waals surface area contributed by atoms with Gasteiger partial charge in [0, 0.05) is 12.0 Å². The largest absolute Gasteiger partial charge is 0.361 e. The van der Waals surface area contributed by atoms with Gasteiger partial charge in [0.25, 0.3) is 0 Å². The maximum absolute atomic E-state index is 5.36. The normalized spacial score (nSPS) is 18.7. The maximum Gasteiger partial charge on any atom is 0.140 e. The number of nitrogens with zero attached hydrogens (tertiary/aromatic N) is 1. The second-order valence-corrected chi connectivity index (χ2v) is 4.29. The Balaban J connectivity index is 2.12. The highest BCUT2D eigenvalue weighted by Crippen LogP contribution is 2.34. The van der Waals surface area contributed by atoms with Gasteiger partial charge in [-0.15, -0.1) is 0 Å². The van der Waals surface area contributed by atoms with E-state index in [1.807, 2.05) is 0 Å². The molecule has 1 aliphatic rings. The van der Waals surface area contributed by atoms with Crippen LogP contribution in [0.2, 0.25) is 0 Å². The molecule has 1 saturated carbocycles. The summed E-state index contributed by atoms with van der Waals surface area (Å²) >= 11 is 0. The highest BCUT2D eigenvalue weighted by molar-refractivity contribution is 5.13. The minimum Gasteiger partial charge on any atom is -0.361 e. The Labute approximate surface area is 79.3 Å². The molecule has 0 aromatic carbocycles. The van der Waals surface area contributed by atoms with E-state index < -0.39 is 0 Å². The van der Waals surface area contributed by atoms with Gasteiger partial charge in [-0.05, 0) is 18.8 Å².